The quantitative estimate of drug-likeness (QED) is 0.711. The van der Waals surface area contributed by atoms with Crippen LogP contribution in [-0.4, -0.2) is 34.1 Å². The lowest BCUT2D eigenvalue weighted by molar-refractivity contribution is -0.136. The first kappa shape index (κ1) is 17.0. The maximum absolute atomic E-state index is 11.9. The van der Waals surface area contributed by atoms with E-state index in [1.807, 2.05) is 24.4 Å². The molecule has 6 nitrogen and oxygen atoms in total. The minimum atomic E-state index is -0.706. The van der Waals surface area contributed by atoms with E-state index in [0.29, 0.717) is 12.1 Å². The Balaban J connectivity index is 2.03. The van der Waals surface area contributed by atoms with Crippen LogP contribution in [0.1, 0.15) is 26.7 Å². The molecule has 0 unspecified atom stereocenters. The number of benzene rings is 1. The molecule has 0 radical (unpaired) electrons. The van der Waals surface area contributed by atoms with Crippen molar-refractivity contribution in [1.82, 2.24) is 9.88 Å². The van der Waals surface area contributed by atoms with E-state index in [2.05, 4.69) is 22.1 Å². The first-order chi connectivity index (χ1) is 11.0. The van der Waals surface area contributed by atoms with Gasteiger partial charge >= 0.3 is 11.8 Å². The molecule has 0 spiro atoms. The molecule has 1 aromatic carbocycles. The molecule has 2 amide bonds. The van der Waals surface area contributed by atoms with E-state index in [1.165, 1.54) is 0 Å². The van der Waals surface area contributed by atoms with Crippen molar-refractivity contribution in [3.63, 3.8) is 0 Å². The number of rotatable bonds is 6. The van der Waals surface area contributed by atoms with Crippen LogP contribution in [0.15, 0.2) is 30.5 Å². The highest BCUT2D eigenvalue weighted by Crippen LogP contribution is 2.20. The SMILES string of the molecule is CCCn1ccc2cc(NC(=O)C(=O)N[C@H](C)CCO)ccc21. The number of carbonyl (C=O) groups is 2. The zero-order chi connectivity index (χ0) is 16.8. The van der Waals surface area contributed by atoms with Gasteiger partial charge in [-0.3, -0.25) is 9.59 Å². The van der Waals surface area contributed by atoms with Crippen LogP contribution in [0.4, 0.5) is 5.69 Å². The van der Waals surface area contributed by atoms with Crippen molar-refractivity contribution in [3.8, 4) is 0 Å². The Morgan fingerprint density at radius 3 is 2.74 bits per heavy atom. The molecule has 6 heteroatoms. The standard InChI is InChI=1S/C17H23N3O3/c1-3-8-20-9-6-13-11-14(4-5-15(13)20)19-17(23)16(22)18-12(2)7-10-21/h4-6,9,11-12,21H,3,7-8,10H2,1-2H3,(H,18,22)(H,19,23)/t12-/m1/s1. The minimum Gasteiger partial charge on any atom is -0.396 e. The molecule has 0 fully saturated rings. The highest BCUT2D eigenvalue weighted by Gasteiger charge is 2.16. The third kappa shape index (κ3) is 4.32. The second kappa shape index (κ2) is 7.78. The predicted molar refractivity (Wildman–Crippen MR) is 90.2 cm³/mol. The molecule has 2 rings (SSSR count). The number of aliphatic hydroxyl groups excluding tert-OH is 1. The topological polar surface area (TPSA) is 83.4 Å². The van der Waals surface area contributed by atoms with Crippen molar-refractivity contribution in [2.75, 3.05) is 11.9 Å². The van der Waals surface area contributed by atoms with Crippen molar-refractivity contribution in [1.29, 1.82) is 0 Å². The van der Waals surface area contributed by atoms with Crippen LogP contribution >= 0.6 is 0 Å². The lowest BCUT2D eigenvalue weighted by Crippen LogP contribution is -2.40. The van der Waals surface area contributed by atoms with Gasteiger partial charge in [-0.2, -0.15) is 0 Å². The minimum absolute atomic E-state index is 0.0333. The van der Waals surface area contributed by atoms with Crippen LogP contribution < -0.4 is 10.6 Å². The van der Waals surface area contributed by atoms with E-state index in [4.69, 9.17) is 5.11 Å². The smallest absolute Gasteiger partial charge is 0.313 e. The second-order valence-electron chi connectivity index (χ2n) is 5.62. The van der Waals surface area contributed by atoms with Crippen molar-refractivity contribution in [2.45, 2.75) is 39.3 Å². The zero-order valence-corrected chi connectivity index (χ0v) is 13.5. The van der Waals surface area contributed by atoms with Crippen LogP contribution in [0.2, 0.25) is 0 Å². The molecule has 0 saturated carbocycles. The van der Waals surface area contributed by atoms with E-state index in [9.17, 15) is 9.59 Å². The van der Waals surface area contributed by atoms with E-state index in [-0.39, 0.29) is 12.6 Å². The maximum Gasteiger partial charge on any atom is 0.313 e. The monoisotopic (exact) mass is 317 g/mol. The van der Waals surface area contributed by atoms with Crippen molar-refractivity contribution < 1.29 is 14.7 Å². The number of nitrogens with one attached hydrogen (secondary N) is 2. The summed E-state index contributed by atoms with van der Waals surface area (Å²) in [6, 6.07) is 7.32. The van der Waals surface area contributed by atoms with Gasteiger partial charge in [0.2, 0.25) is 0 Å². The number of nitrogens with zero attached hydrogens (tertiary/aromatic N) is 1. The summed E-state index contributed by atoms with van der Waals surface area (Å²) in [7, 11) is 0. The summed E-state index contributed by atoms with van der Waals surface area (Å²) in [5, 5.41) is 15.0. The molecule has 23 heavy (non-hydrogen) atoms. The van der Waals surface area contributed by atoms with Gasteiger partial charge in [0.15, 0.2) is 0 Å². The lowest BCUT2D eigenvalue weighted by atomic mass is 10.2. The number of carbonyl (C=O) groups excluding carboxylic acids is 2. The molecule has 0 aliphatic carbocycles. The number of anilines is 1. The van der Waals surface area contributed by atoms with Gasteiger partial charge < -0.3 is 20.3 Å². The van der Waals surface area contributed by atoms with Gasteiger partial charge in [0.05, 0.1) is 0 Å². The molecular weight excluding hydrogens is 294 g/mol. The largest absolute Gasteiger partial charge is 0.396 e. The Labute approximate surface area is 135 Å². The fourth-order valence-electron chi connectivity index (χ4n) is 2.46. The Kier molecular flexibility index (Phi) is 5.76. The third-order valence-corrected chi connectivity index (χ3v) is 3.64. The van der Waals surface area contributed by atoms with Crippen molar-refractivity contribution in [2.24, 2.45) is 0 Å². The number of hydrogen-bond donors (Lipinski definition) is 3. The molecule has 124 valence electrons. The summed E-state index contributed by atoms with van der Waals surface area (Å²) in [4.78, 5) is 23.7. The fraction of sp³-hybridized carbons (Fsp3) is 0.412. The van der Waals surface area contributed by atoms with Crippen LogP contribution in [-0.2, 0) is 16.1 Å². The highest BCUT2D eigenvalue weighted by molar-refractivity contribution is 6.39. The van der Waals surface area contributed by atoms with Crippen LogP contribution in [0.5, 0.6) is 0 Å². The molecular formula is C17H23N3O3. The van der Waals surface area contributed by atoms with Gasteiger partial charge in [0.1, 0.15) is 0 Å². The highest BCUT2D eigenvalue weighted by atomic mass is 16.3. The van der Waals surface area contributed by atoms with Gasteiger partial charge in [0.25, 0.3) is 0 Å². The normalized spacial score (nSPS) is 12.1. The summed E-state index contributed by atoms with van der Waals surface area (Å²) in [5.41, 5.74) is 1.69. The van der Waals surface area contributed by atoms with Gasteiger partial charge in [-0.1, -0.05) is 6.92 Å². The average molecular weight is 317 g/mol. The van der Waals surface area contributed by atoms with E-state index in [1.54, 1.807) is 13.0 Å². The molecule has 0 aliphatic rings. The summed E-state index contributed by atoms with van der Waals surface area (Å²) in [5.74, 6) is -1.41. The van der Waals surface area contributed by atoms with Crippen LogP contribution in [0.25, 0.3) is 10.9 Å². The number of fused-ring (bicyclic) bond motifs is 1. The van der Waals surface area contributed by atoms with Crippen molar-refractivity contribution in [3.05, 3.63) is 30.5 Å². The average Bonchev–Trinajstić information content (AvgIpc) is 2.90. The molecule has 0 aliphatic heterocycles. The summed E-state index contributed by atoms with van der Waals surface area (Å²) >= 11 is 0. The maximum atomic E-state index is 11.9. The molecule has 1 atom stereocenters. The number of aromatic nitrogens is 1. The number of aliphatic hydroxyl groups is 1. The Hall–Kier alpha value is -2.34. The van der Waals surface area contributed by atoms with Crippen LogP contribution in [0, 0.1) is 0 Å². The number of hydrogen-bond acceptors (Lipinski definition) is 3. The Bertz CT molecular complexity index is 693. The first-order valence-corrected chi connectivity index (χ1v) is 7.86. The third-order valence-electron chi connectivity index (χ3n) is 3.64. The van der Waals surface area contributed by atoms with Gasteiger partial charge in [-0.25, -0.2) is 0 Å². The molecule has 2 aromatic rings. The first-order valence-electron chi connectivity index (χ1n) is 7.86. The Morgan fingerprint density at radius 2 is 2.04 bits per heavy atom. The van der Waals surface area contributed by atoms with E-state index < -0.39 is 11.8 Å². The second-order valence-corrected chi connectivity index (χ2v) is 5.62. The van der Waals surface area contributed by atoms with Gasteiger partial charge in [-0.05, 0) is 44.0 Å². The lowest BCUT2D eigenvalue weighted by Gasteiger charge is -2.12. The zero-order valence-electron chi connectivity index (χ0n) is 13.5. The van der Waals surface area contributed by atoms with Gasteiger partial charge in [-0.15, -0.1) is 0 Å². The fourth-order valence-corrected chi connectivity index (χ4v) is 2.46. The number of aryl methyl sites for hydroxylation is 1. The molecule has 1 aromatic heterocycles. The molecule has 3 N–H and O–H groups in total. The van der Waals surface area contributed by atoms with Gasteiger partial charge in [0, 0.05) is 42.0 Å². The summed E-state index contributed by atoms with van der Waals surface area (Å²) < 4.78 is 2.16. The Morgan fingerprint density at radius 1 is 1.26 bits per heavy atom. The summed E-state index contributed by atoms with van der Waals surface area (Å²) in [6.07, 6.45) is 3.48. The number of amides is 2. The van der Waals surface area contributed by atoms with E-state index in [0.717, 1.165) is 23.9 Å². The molecule has 0 bridgehead atoms. The van der Waals surface area contributed by atoms with E-state index >= 15 is 0 Å². The van der Waals surface area contributed by atoms with Crippen LogP contribution in [0.3, 0.4) is 0 Å². The predicted octanol–water partition coefficient (Wildman–Crippen LogP) is 1.88. The molecule has 0 saturated heterocycles. The van der Waals surface area contributed by atoms with Crippen molar-refractivity contribution >= 4 is 28.4 Å². The summed E-state index contributed by atoms with van der Waals surface area (Å²) in [6.45, 7) is 4.77. The molecule has 1 heterocycles.